The Balaban J connectivity index is 1.54. The second-order valence-corrected chi connectivity index (χ2v) is 6.73. The van der Waals surface area contributed by atoms with Crippen molar-refractivity contribution in [3.05, 3.63) is 71.0 Å². The minimum atomic E-state index is 0.340. The monoisotopic (exact) mass is 359 g/mol. The quantitative estimate of drug-likeness (QED) is 0.587. The summed E-state index contributed by atoms with van der Waals surface area (Å²) in [6, 6.07) is 17.8. The Morgan fingerprint density at radius 1 is 1.04 bits per heavy atom. The summed E-state index contributed by atoms with van der Waals surface area (Å²) >= 11 is 7.79. The molecule has 0 saturated carbocycles. The van der Waals surface area contributed by atoms with Crippen LogP contribution in [0.2, 0.25) is 5.02 Å². The van der Waals surface area contributed by atoms with Gasteiger partial charge in [-0.15, -0.1) is 10.2 Å². The molecule has 0 aliphatic carbocycles. The highest BCUT2D eigenvalue weighted by molar-refractivity contribution is 7.99. The van der Waals surface area contributed by atoms with Crippen molar-refractivity contribution < 1.29 is 4.74 Å². The summed E-state index contributed by atoms with van der Waals surface area (Å²) in [6.07, 6.45) is 1.00. The van der Waals surface area contributed by atoms with E-state index in [0.717, 1.165) is 23.2 Å². The van der Waals surface area contributed by atoms with Crippen molar-refractivity contribution in [2.24, 2.45) is 7.05 Å². The molecule has 0 amide bonds. The summed E-state index contributed by atoms with van der Waals surface area (Å²) in [5, 5.41) is 9.94. The van der Waals surface area contributed by atoms with Gasteiger partial charge >= 0.3 is 0 Å². The van der Waals surface area contributed by atoms with E-state index >= 15 is 0 Å². The van der Waals surface area contributed by atoms with Crippen molar-refractivity contribution in [1.82, 2.24) is 14.8 Å². The molecule has 2 aromatic carbocycles. The van der Waals surface area contributed by atoms with Crippen molar-refractivity contribution in [3.8, 4) is 5.75 Å². The molecule has 0 radical (unpaired) electrons. The van der Waals surface area contributed by atoms with E-state index in [-0.39, 0.29) is 0 Å². The number of benzene rings is 2. The number of hydrogen-bond acceptors (Lipinski definition) is 4. The Hall–Kier alpha value is -1.98. The number of rotatable bonds is 7. The molecule has 1 heterocycles. The van der Waals surface area contributed by atoms with Crippen LogP contribution >= 0.6 is 23.4 Å². The van der Waals surface area contributed by atoms with E-state index in [1.54, 1.807) is 17.8 Å². The Bertz CT molecular complexity index is 792. The third-order valence-corrected chi connectivity index (χ3v) is 4.92. The molecule has 0 bridgehead atoms. The second kappa shape index (κ2) is 8.22. The maximum atomic E-state index is 6.09. The van der Waals surface area contributed by atoms with Crippen molar-refractivity contribution in [3.63, 3.8) is 0 Å². The number of aryl methyl sites for hydroxylation is 1. The fraction of sp³-hybridized carbons (Fsp3) is 0.222. The molecule has 4 nitrogen and oxygen atoms in total. The van der Waals surface area contributed by atoms with Crippen LogP contribution in [0.5, 0.6) is 5.75 Å². The highest BCUT2D eigenvalue weighted by Gasteiger charge is 2.10. The average molecular weight is 360 g/mol. The number of nitrogens with zero attached hydrogens (tertiary/aromatic N) is 3. The van der Waals surface area contributed by atoms with Crippen molar-refractivity contribution in [2.45, 2.75) is 18.2 Å². The molecule has 0 N–H and O–H groups in total. The van der Waals surface area contributed by atoms with Gasteiger partial charge in [-0.2, -0.15) is 0 Å². The topological polar surface area (TPSA) is 39.9 Å². The highest BCUT2D eigenvalue weighted by atomic mass is 35.5. The van der Waals surface area contributed by atoms with Gasteiger partial charge in [-0.05, 0) is 24.1 Å². The van der Waals surface area contributed by atoms with Gasteiger partial charge in [0.1, 0.15) is 12.4 Å². The summed E-state index contributed by atoms with van der Waals surface area (Å²) in [5.41, 5.74) is 1.33. The van der Waals surface area contributed by atoms with Gasteiger partial charge in [0.15, 0.2) is 11.0 Å². The smallest absolute Gasteiger partial charge is 0.191 e. The Morgan fingerprint density at radius 3 is 2.58 bits per heavy atom. The zero-order valence-corrected chi connectivity index (χ0v) is 14.9. The van der Waals surface area contributed by atoms with Crippen LogP contribution < -0.4 is 4.74 Å². The van der Waals surface area contributed by atoms with Crippen molar-refractivity contribution in [1.29, 1.82) is 0 Å². The number of hydrogen-bond donors (Lipinski definition) is 0. The minimum absolute atomic E-state index is 0.340. The predicted molar refractivity (Wildman–Crippen MR) is 97.7 cm³/mol. The zero-order chi connectivity index (χ0) is 16.8. The van der Waals surface area contributed by atoms with E-state index in [9.17, 15) is 0 Å². The lowest BCUT2D eigenvalue weighted by atomic mass is 10.2. The summed E-state index contributed by atoms with van der Waals surface area (Å²) < 4.78 is 7.69. The molecule has 1 aromatic heterocycles. The van der Waals surface area contributed by atoms with E-state index < -0.39 is 0 Å². The maximum absolute atomic E-state index is 6.09. The van der Waals surface area contributed by atoms with E-state index in [4.69, 9.17) is 16.3 Å². The average Bonchev–Trinajstić information content (AvgIpc) is 2.95. The van der Waals surface area contributed by atoms with Crippen LogP contribution in [0.15, 0.2) is 59.8 Å². The SMILES string of the molecule is Cn1c(COc2ccccc2Cl)nnc1SCCc1ccccc1. The third-order valence-electron chi connectivity index (χ3n) is 3.58. The first-order chi connectivity index (χ1) is 11.7. The van der Waals surface area contributed by atoms with Gasteiger partial charge in [0, 0.05) is 12.8 Å². The summed E-state index contributed by atoms with van der Waals surface area (Å²) in [6.45, 7) is 0.340. The van der Waals surface area contributed by atoms with E-state index in [0.29, 0.717) is 17.4 Å². The summed E-state index contributed by atoms with van der Waals surface area (Å²) in [5.74, 6) is 2.39. The normalized spacial score (nSPS) is 10.8. The fourth-order valence-corrected chi connectivity index (χ4v) is 3.31. The molecular weight excluding hydrogens is 342 g/mol. The summed E-state index contributed by atoms with van der Waals surface area (Å²) in [4.78, 5) is 0. The largest absolute Gasteiger partial charge is 0.484 e. The lowest BCUT2D eigenvalue weighted by Crippen LogP contribution is -2.04. The van der Waals surface area contributed by atoms with Crippen LogP contribution in [0, 0.1) is 0 Å². The molecule has 124 valence electrons. The Labute approximate surface area is 150 Å². The molecule has 0 spiro atoms. The third kappa shape index (κ3) is 4.30. The van der Waals surface area contributed by atoms with Gasteiger partial charge in [-0.25, -0.2) is 0 Å². The van der Waals surface area contributed by atoms with E-state index in [1.807, 2.05) is 35.9 Å². The number of halogens is 1. The fourth-order valence-electron chi connectivity index (χ4n) is 2.21. The predicted octanol–water partition coefficient (Wildman–Crippen LogP) is 4.38. The first-order valence-corrected chi connectivity index (χ1v) is 9.02. The number of ether oxygens (including phenoxy) is 1. The molecule has 3 aromatic rings. The molecule has 3 rings (SSSR count). The zero-order valence-electron chi connectivity index (χ0n) is 13.4. The molecule has 6 heteroatoms. The molecule has 0 aliphatic heterocycles. The minimum Gasteiger partial charge on any atom is -0.484 e. The van der Waals surface area contributed by atoms with Crippen LogP contribution in [0.3, 0.4) is 0 Å². The van der Waals surface area contributed by atoms with Gasteiger partial charge in [0.25, 0.3) is 0 Å². The number of thioether (sulfide) groups is 1. The van der Waals surface area contributed by atoms with Crippen LogP contribution in [0.1, 0.15) is 11.4 Å². The van der Waals surface area contributed by atoms with Gasteiger partial charge in [-0.1, -0.05) is 65.8 Å². The number of aromatic nitrogens is 3. The van der Waals surface area contributed by atoms with Crippen LogP contribution in [0.4, 0.5) is 0 Å². The van der Waals surface area contributed by atoms with Gasteiger partial charge in [0.2, 0.25) is 0 Å². The second-order valence-electron chi connectivity index (χ2n) is 5.26. The van der Waals surface area contributed by atoms with E-state index in [1.165, 1.54) is 5.56 Å². The van der Waals surface area contributed by atoms with E-state index in [2.05, 4.69) is 34.5 Å². The first kappa shape index (κ1) is 16.9. The van der Waals surface area contributed by atoms with Crippen LogP contribution in [-0.2, 0) is 20.1 Å². The van der Waals surface area contributed by atoms with Crippen LogP contribution in [-0.4, -0.2) is 20.5 Å². The lowest BCUT2D eigenvalue weighted by molar-refractivity contribution is 0.290. The molecule has 0 fully saturated rings. The first-order valence-electron chi connectivity index (χ1n) is 7.66. The lowest BCUT2D eigenvalue weighted by Gasteiger charge is -2.07. The van der Waals surface area contributed by atoms with Gasteiger partial charge in [-0.3, -0.25) is 0 Å². The Kier molecular flexibility index (Phi) is 5.77. The highest BCUT2D eigenvalue weighted by Crippen LogP contribution is 2.24. The maximum Gasteiger partial charge on any atom is 0.191 e. The van der Waals surface area contributed by atoms with Crippen LogP contribution in [0.25, 0.3) is 0 Å². The van der Waals surface area contributed by atoms with Gasteiger partial charge in [0.05, 0.1) is 5.02 Å². The Morgan fingerprint density at radius 2 is 1.79 bits per heavy atom. The molecule has 0 saturated heterocycles. The molecule has 0 aliphatic rings. The van der Waals surface area contributed by atoms with Crippen molar-refractivity contribution >= 4 is 23.4 Å². The molecule has 0 atom stereocenters. The molecular formula is C18H18ClN3OS. The molecule has 0 unspecified atom stereocenters. The molecule has 24 heavy (non-hydrogen) atoms. The number of para-hydroxylation sites is 1. The van der Waals surface area contributed by atoms with Gasteiger partial charge < -0.3 is 9.30 Å². The van der Waals surface area contributed by atoms with Crippen molar-refractivity contribution in [2.75, 3.05) is 5.75 Å². The standard InChI is InChI=1S/C18H18ClN3OS/c1-22-17(13-23-16-10-6-5-9-15(16)19)20-21-18(22)24-12-11-14-7-3-2-4-8-14/h2-10H,11-13H2,1H3. The summed E-state index contributed by atoms with van der Waals surface area (Å²) in [7, 11) is 1.95.